The zero-order valence-electron chi connectivity index (χ0n) is 18.6. The molecule has 1 nitrogen and oxygen atoms in total. The van der Waals surface area contributed by atoms with Gasteiger partial charge < -0.3 is 4.74 Å². The molecule has 4 aromatic rings. The topological polar surface area (TPSA) is 9.23 Å². The van der Waals surface area contributed by atoms with Gasteiger partial charge in [-0.1, -0.05) is 55.9 Å². The molecule has 0 unspecified atom stereocenters. The third-order valence-corrected chi connectivity index (χ3v) is 5.49. The Balaban J connectivity index is 1.54. The minimum absolute atomic E-state index is 0.115. The van der Waals surface area contributed by atoms with Gasteiger partial charge in [0.1, 0.15) is 17.4 Å². The second-order valence-electron chi connectivity index (χ2n) is 7.94. The molecule has 0 aromatic heterocycles. The molecular weight excluding hydrogens is 440 g/mol. The van der Waals surface area contributed by atoms with E-state index < -0.39 is 23.3 Å². The standard InChI is InChI=1S/C29H22F4O/c1-2-3-4-15-34-23-10-7-20(8-11-23)22-17-27(31)25(28(32)18-22)13-6-19-5-12-24-21(16-19)9-14-26(30)29(24)33/h5,7-12,14,16-18H,2-4,15H2,1H3. The fourth-order valence-electron chi connectivity index (χ4n) is 3.62. The molecular formula is C29H22F4O. The van der Waals surface area contributed by atoms with Gasteiger partial charge in [0.25, 0.3) is 0 Å². The Morgan fingerprint density at radius 1 is 0.706 bits per heavy atom. The maximum absolute atomic E-state index is 14.7. The molecule has 0 atom stereocenters. The summed E-state index contributed by atoms with van der Waals surface area (Å²) < 4.78 is 62.3. The highest BCUT2D eigenvalue weighted by atomic mass is 19.2. The molecule has 4 rings (SSSR count). The summed E-state index contributed by atoms with van der Waals surface area (Å²) in [6.45, 7) is 2.76. The monoisotopic (exact) mass is 462 g/mol. The predicted octanol–water partition coefficient (Wildman–Crippen LogP) is 8.03. The van der Waals surface area contributed by atoms with Crippen molar-refractivity contribution in [3.63, 3.8) is 0 Å². The largest absolute Gasteiger partial charge is 0.494 e. The summed E-state index contributed by atoms with van der Waals surface area (Å²) in [5.74, 6) is 2.49. The number of hydrogen-bond donors (Lipinski definition) is 0. The summed E-state index contributed by atoms with van der Waals surface area (Å²) in [6, 6.07) is 16.4. The van der Waals surface area contributed by atoms with Gasteiger partial charge in [-0.2, -0.15) is 0 Å². The van der Waals surface area contributed by atoms with Crippen LogP contribution in [0, 0.1) is 35.1 Å². The summed E-state index contributed by atoms with van der Waals surface area (Å²) in [5.41, 5.74) is 1.12. The lowest BCUT2D eigenvalue weighted by Gasteiger charge is -2.08. The lowest BCUT2D eigenvalue weighted by molar-refractivity contribution is 0.306. The fourth-order valence-corrected chi connectivity index (χ4v) is 3.62. The van der Waals surface area contributed by atoms with Crippen molar-refractivity contribution in [3.8, 4) is 28.7 Å². The SMILES string of the molecule is CCCCCOc1ccc(-c2cc(F)c(C#Cc3ccc4c(F)c(F)ccc4c3)c(F)c2)cc1. The normalized spacial score (nSPS) is 10.7. The zero-order valence-corrected chi connectivity index (χ0v) is 18.6. The first kappa shape index (κ1) is 23.4. The lowest BCUT2D eigenvalue weighted by atomic mass is 10.0. The van der Waals surface area contributed by atoms with Gasteiger partial charge in [0.05, 0.1) is 12.2 Å². The summed E-state index contributed by atoms with van der Waals surface area (Å²) in [6.07, 6.45) is 3.19. The molecule has 5 heteroatoms. The van der Waals surface area contributed by atoms with Crippen molar-refractivity contribution in [1.29, 1.82) is 0 Å². The molecule has 0 amide bonds. The summed E-state index contributed by atoms with van der Waals surface area (Å²) in [4.78, 5) is 0. The van der Waals surface area contributed by atoms with Crippen LogP contribution in [0.1, 0.15) is 37.3 Å². The number of rotatable bonds is 6. The van der Waals surface area contributed by atoms with E-state index >= 15 is 0 Å². The van der Waals surface area contributed by atoms with Crippen LogP contribution in [0.3, 0.4) is 0 Å². The Bertz CT molecular complexity index is 1360. The number of benzene rings is 4. The maximum Gasteiger partial charge on any atom is 0.166 e. The zero-order chi connectivity index (χ0) is 24.1. The highest BCUT2D eigenvalue weighted by molar-refractivity contribution is 5.84. The molecule has 0 aliphatic rings. The first-order chi connectivity index (χ1) is 16.5. The van der Waals surface area contributed by atoms with Crippen molar-refractivity contribution in [2.24, 2.45) is 0 Å². The quantitative estimate of drug-likeness (QED) is 0.160. The van der Waals surface area contributed by atoms with E-state index in [-0.39, 0.29) is 10.9 Å². The van der Waals surface area contributed by atoms with E-state index in [0.717, 1.165) is 25.3 Å². The van der Waals surface area contributed by atoms with Crippen molar-refractivity contribution in [3.05, 3.63) is 101 Å². The van der Waals surface area contributed by atoms with Crippen molar-refractivity contribution < 1.29 is 22.3 Å². The Morgan fingerprint density at radius 2 is 1.44 bits per heavy atom. The maximum atomic E-state index is 14.7. The highest BCUT2D eigenvalue weighted by Crippen LogP contribution is 2.27. The molecule has 0 aliphatic carbocycles. The van der Waals surface area contributed by atoms with Gasteiger partial charge in [-0.15, -0.1) is 0 Å². The van der Waals surface area contributed by atoms with E-state index in [1.165, 1.54) is 30.3 Å². The van der Waals surface area contributed by atoms with Crippen molar-refractivity contribution in [1.82, 2.24) is 0 Å². The van der Waals surface area contributed by atoms with Gasteiger partial charge in [-0.25, -0.2) is 17.6 Å². The van der Waals surface area contributed by atoms with Crippen LogP contribution in [0.15, 0.2) is 66.7 Å². The molecule has 4 aromatic carbocycles. The number of ether oxygens (including phenoxy) is 1. The minimum atomic E-state index is -0.944. The molecule has 0 radical (unpaired) electrons. The van der Waals surface area contributed by atoms with Gasteiger partial charge in [-0.05, 0) is 65.4 Å². The van der Waals surface area contributed by atoms with Crippen LogP contribution in [0.5, 0.6) is 5.75 Å². The van der Waals surface area contributed by atoms with Crippen LogP contribution in [0.4, 0.5) is 17.6 Å². The van der Waals surface area contributed by atoms with Crippen LogP contribution in [-0.2, 0) is 0 Å². The van der Waals surface area contributed by atoms with Gasteiger partial charge in [0, 0.05) is 10.9 Å². The predicted molar refractivity (Wildman–Crippen MR) is 127 cm³/mol. The smallest absolute Gasteiger partial charge is 0.166 e. The van der Waals surface area contributed by atoms with Gasteiger partial charge in [-0.3, -0.25) is 0 Å². The van der Waals surface area contributed by atoms with Gasteiger partial charge in [0.2, 0.25) is 0 Å². The van der Waals surface area contributed by atoms with Crippen LogP contribution in [0.2, 0.25) is 0 Å². The van der Waals surface area contributed by atoms with Crippen LogP contribution in [0.25, 0.3) is 21.9 Å². The van der Waals surface area contributed by atoms with Crippen molar-refractivity contribution in [2.45, 2.75) is 26.2 Å². The first-order valence-corrected chi connectivity index (χ1v) is 11.1. The summed E-state index contributed by atoms with van der Waals surface area (Å²) >= 11 is 0. The minimum Gasteiger partial charge on any atom is -0.494 e. The summed E-state index contributed by atoms with van der Waals surface area (Å²) in [5, 5.41) is 0.560. The second kappa shape index (κ2) is 10.4. The Labute approximate surface area is 196 Å². The van der Waals surface area contributed by atoms with E-state index in [4.69, 9.17) is 4.74 Å². The van der Waals surface area contributed by atoms with Crippen molar-refractivity contribution >= 4 is 10.8 Å². The van der Waals surface area contributed by atoms with Crippen LogP contribution < -0.4 is 4.74 Å². The van der Waals surface area contributed by atoms with Gasteiger partial charge >= 0.3 is 0 Å². The highest BCUT2D eigenvalue weighted by Gasteiger charge is 2.11. The van der Waals surface area contributed by atoms with Crippen LogP contribution >= 0.6 is 0 Å². The number of hydrogen-bond acceptors (Lipinski definition) is 1. The van der Waals surface area contributed by atoms with Crippen LogP contribution in [-0.4, -0.2) is 6.61 Å². The Kier molecular flexibility index (Phi) is 7.18. The van der Waals surface area contributed by atoms with Crippen molar-refractivity contribution in [2.75, 3.05) is 6.61 Å². The number of unbranched alkanes of at least 4 members (excludes halogenated alkanes) is 2. The lowest BCUT2D eigenvalue weighted by Crippen LogP contribution is -1.97. The molecule has 0 aliphatic heterocycles. The third-order valence-electron chi connectivity index (χ3n) is 5.49. The fraction of sp³-hybridized carbons (Fsp3) is 0.172. The van der Waals surface area contributed by atoms with Gasteiger partial charge in [0.15, 0.2) is 11.6 Å². The molecule has 0 bridgehead atoms. The molecule has 0 spiro atoms. The molecule has 0 fully saturated rings. The van der Waals surface area contributed by atoms with E-state index in [0.29, 0.717) is 34.4 Å². The average Bonchev–Trinajstić information content (AvgIpc) is 2.84. The first-order valence-electron chi connectivity index (χ1n) is 11.1. The van der Waals surface area contributed by atoms with E-state index in [2.05, 4.69) is 18.8 Å². The Hall–Kier alpha value is -3.78. The third kappa shape index (κ3) is 5.23. The molecule has 0 saturated carbocycles. The molecule has 172 valence electrons. The molecule has 34 heavy (non-hydrogen) atoms. The molecule has 0 heterocycles. The van der Waals surface area contributed by atoms with E-state index in [1.54, 1.807) is 30.3 Å². The average molecular weight is 462 g/mol. The number of halogens is 4. The number of fused-ring (bicyclic) bond motifs is 1. The Morgan fingerprint density at radius 3 is 2.15 bits per heavy atom. The molecule has 0 N–H and O–H groups in total. The van der Waals surface area contributed by atoms with E-state index in [9.17, 15) is 17.6 Å². The molecule has 0 saturated heterocycles. The summed E-state index contributed by atoms with van der Waals surface area (Å²) in [7, 11) is 0. The van der Waals surface area contributed by atoms with E-state index in [1.807, 2.05) is 0 Å². The second-order valence-corrected chi connectivity index (χ2v) is 7.94.